The molecule has 140 valence electrons. The molecule has 1 aliphatic heterocycles. The van der Waals surface area contributed by atoms with Gasteiger partial charge >= 0.3 is 0 Å². The van der Waals surface area contributed by atoms with Crippen molar-refractivity contribution in [1.82, 2.24) is 20.0 Å². The van der Waals surface area contributed by atoms with E-state index in [0.717, 1.165) is 24.5 Å². The summed E-state index contributed by atoms with van der Waals surface area (Å²) in [5.74, 6) is -0.0798. The van der Waals surface area contributed by atoms with Crippen molar-refractivity contribution in [3.8, 4) is 5.69 Å². The number of hydrogen-bond donors (Lipinski definition) is 1. The summed E-state index contributed by atoms with van der Waals surface area (Å²) in [5, 5.41) is 7.61. The summed E-state index contributed by atoms with van der Waals surface area (Å²) >= 11 is 0. The second-order valence-electron chi connectivity index (χ2n) is 7.17. The molecule has 1 aromatic heterocycles. The van der Waals surface area contributed by atoms with E-state index in [0.29, 0.717) is 18.3 Å². The van der Waals surface area contributed by atoms with Crippen LogP contribution in [0, 0.1) is 6.92 Å². The molecular formula is C21H30N4O. The summed E-state index contributed by atoms with van der Waals surface area (Å²) in [6.07, 6.45) is 6.14. The molecule has 1 unspecified atom stereocenters. The number of hydrogen-bond acceptors (Lipinski definition) is 3. The number of carbonyl (C=O) groups is 1. The molecule has 1 amide bonds. The molecular weight excluding hydrogens is 324 g/mol. The fourth-order valence-electron chi connectivity index (χ4n) is 3.66. The van der Waals surface area contributed by atoms with E-state index in [-0.39, 0.29) is 5.91 Å². The van der Waals surface area contributed by atoms with Crippen molar-refractivity contribution in [2.45, 2.75) is 52.0 Å². The first-order chi connectivity index (χ1) is 12.7. The van der Waals surface area contributed by atoms with Crippen LogP contribution in [-0.4, -0.2) is 46.3 Å². The van der Waals surface area contributed by atoms with Gasteiger partial charge in [0.25, 0.3) is 5.91 Å². The smallest absolute Gasteiger partial charge is 0.271 e. The number of aryl methyl sites for hydroxylation is 1. The number of carbonyl (C=O) groups excluding carboxylic acids is 1. The van der Waals surface area contributed by atoms with Crippen LogP contribution in [0.2, 0.25) is 0 Å². The van der Waals surface area contributed by atoms with Crippen molar-refractivity contribution in [1.29, 1.82) is 0 Å². The first-order valence-electron chi connectivity index (χ1n) is 9.83. The first-order valence-corrected chi connectivity index (χ1v) is 9.83. The number of para-hydroxylation sites is 1. The van der Waals surface area contributed by atoms with Crippen LogP contribution in [-0.2, 0) is 0 Å². The molecule has 1 fully saturated rings. The van der Waals surface area contributed by atoms with E-state index in [1.165, 1.54) is 32.1 Å². The maximum atomic E-state index is 12.6. The fraction of sp³-hybridized carbons (Fsp3) is 0.524. The minimum absolute atomic E-state index is 0.0798. The van der Waals surface area contributed by atoms with Gasteiger partial charge in [-0.25, -0.2) is 4.68 Å². The molecule has 1 N–H and O–H groups in total. The lowest BCUT2D eigenvalue weighted by molar-refractivity contribution is 0.0907. The third kappa shape index (κ3) is 4.52. The van der Waals surface area contributed by atoms with E-state index >= 15 is 0 Å². The Labute approximate surface area is 156 Å². The molecule has 0 bridgehead atoms. The summed E-state index contributed by atoms with van der Waals surface area (Å²) < 4.78 is 1.82. The minimum atomic E-state index is -0.0798. The number of nitrogens with one attached hydrogen (secondary N) is 1. The predicted octanol–water partition coefficient (Wildman–Crippen LogP) is 3.57. The van der Waals surface area contributed by atoms with Crippen LogP contribution in [0.25, 0.3) is 5.69 Å². The van der Waals surface area contributed by atoms with Crippen molar-refractivity contribution in [2.24, 2.45) is 0 Å². The molecule has 0 radical (unpaired) electrons. The van der Waals surface area contributed by atoms with Gasteiger partial charge in [0.05, 0.1) is 5.69 Å². The molecule has 2 heterocycles. The Hall–Kier alpha value is -2.14. The molecule has 5 heteroatoms. The number of unbranched alkanes of at least 4 members (excludes halogenated alkanes) is 1. The molecule has 1 atom stereocenters. The second-order valence-corrected chi connectivity index (χ2v) is 7.17. The molecule has 0 aliphatic carbocycles. The van der Waals surface area contributed by atoms with Gasteiger partial charge in [0, 0.05) is 18.3 Å². The highest BCUT2D eigenvalue weighted by atomic mass is 16.1. The van der Waals surface area contributed by atoms with E-state index in [9.17, 15) is 4.79 Å². The monoisotopic (exact) mass is 354 g/mol. The standard InChI is InChI=1S/C21H30N4O/c1-3-4-13-24-14-9-8-12-19(24)16-22-21(26)20-15-17(2)25(23-20)18-10-6-5-7-11-18/h5-7,10-11,15,19H,3-4,8-9,12-14,16H2,1-2H3,(H,22,26). The average Bonchev–Trinajstić information content (AvgIpc) is 3.07. The normalized spacial score (nSPS) is 18.0. The Morgan fingerprint density at radius 2 is 2.08 bits per heavy atom. The predicted molar refractivity (Wildman–Crippen MR) is 105 cm³/mol. The molecule has 3 rings (SSSR count). The number of likely N-dealkylation sites (tertiary alicyclic amines) is 1. The highest BCUT2D eigenvalue weighted by Crippen LogP contribution is 2.17. The van der Waals surface area contributed by atoms with E-state index < -0.39 is 0 Å². The second kappa shape index (κ2) is 8.99. The zero-order chi connectivity index (χ0) is 18.4. The number of aromatic nitrogens is 2. The summed E-state index contributed by atoms with van der Waals surface area (Å²) in [7, 11) is 0. The number of piperidine rings is 1. The highest BCUT2D eigenvalue weighted by molar-refractivity contribution is 5.92. The van der Waals surface area contributed by atoms with Gasteiger partial charge in [0.2, 0.25) is 0 Å². The van der Waals surface area contributed by atoms with Crippen molar-refractivity contribution in [3.63, 3.8) is 0 Å². The van der Waals surface area contributed by atoms with Gasteiger partial charge in [-0.05, 0) is 57.5 Å². The Bertz CT molecular complexity index is 710. The van der Waals surface area contributed by atoms with Gasteiger partial charge in [0.15, 0.2) is 5.69 Å². The molecule has 1 saturated heterocycles. The van der Waals surface area contributed by atoms with Crippen molar-refractivity contribution < 1.29 is 4.79 Å². The van der Waals surface area contributed by atoms with E-state index in [2.05, 4.69) is 22.2 Å². The molecule has 0 saturated carbocycles. The lowest BCUT2D eigenvalue weighted by Crippen LogP contribution is -2.47. The van der Waals surface area contributed by atoms with E-state index in [1.807, 2.05) is 48.0 Å². The molecule has 1 aliphatic rings. The lowest BCUT2D eigenvalue weighted by atomic mass is 10.0. The Morgan fingerprint density at radius 3 is 2.85 bits per heavy atom. The van der Waals surface area contributed by atoms with Crippen LogP contribution in [0.3, 0.4) is 0 Å². The van der Waals surface area contributed by atoms with E-state index in [1.54, 1.807) is 0 Å². The quantitative estimate of drug-likeness (QED) is 0.827. The Kier molecular flexibility index (Phi) is 6.45. The molecule has 2 aromatic rings. The van der Waals surface area contributed by atoms with Crippen molar-refractivity contribution >= 4 is 5.91 Å². The summed E-state index contributed by atoms with van der Waals surface area (Å²) in [6.45, 7) is 7.21. The van der Waals surface area contributed by atoms with Gasteiger partial charge in [-0.15, -0.1) is 0 Å². The number of nitrogens with zero attached hydrogens (tertiary/aromatic N) is 3. The summed E-state index contributed by atoms with van der Waals surface area (Å²) in [4.78, 5) is 15.1. The van der Waals surface area contributed by atoms with Crippen molar-refractivity contribution in [2.75, 3.05) is 19.6 Å². The minimum Gasteiger partial charge on any atom is -0.349 e. The average molecular weight is 354 g/mol. The SMILES string of the molecule is CCCCN1CCCCC1CNC(=O)c1cc(C)n(-c2ccccc2)n1. The van der Waals surface area contributed by atoms with Crippen LogP contribution < -0.4 is 5.32 Å². The first kappa shape index (κ1) is 18.6. The van der Waals surface area contributed by atoms with Crippen LogP contribution in [0.5, 0.6) is 0 Å². The zero-order valence-corrected chi connectivity index (χ0v) is 15.9. The van der Waals surface area contributed by atoms with Crippen LogP contribution in [0.4, 0.5) is 0 Å². The van der Waals surface area contributed by atoms with Gasteiger partial charge in [-0.1, -0.05) is 38.0 Å². The maximum absolute atomic E-state index is 12.6. The number of amides is 1. The van der Waals surface area contributed by atoms with E-state index in [4.69, 9.17) is 0 Å². The van der Waals surface area contributed by atoms with Crippen LogP contribution >= 0.6 is 0 Å². The molecule has 0 spiro atoms. The number of benzene rings is 1. The molecule has 5 nitrogen and oxygen atoms in total. The van der Waals surface area contributed by atoms with Gasteiger partial charge in [-0.2, -0.15) is 5.10 Å². The number of rotatable bonds is 7. The van der Waals surface area contributed by atoms with Gasteiger partial charge in [-0.3, -0.25) is 9.69 Å². The Balaban J connectivity index is 1.61. The maximum Gasteiger partial charge on any atom is 0.271 e. The lowest BCUT2D eigenvalue weighted by Gasteiger charge is -2.35. The third-order valence-electron chi connectivity index (χ3n) is 5.17. The van der Waals surface area contributed by atoms with Gasteiger partial charge in [0.1, 0.15) is 0 Å². The van der Waals surface area contributed by atoms with Crippen LogP contribution in [0.15, 0.2) is 36.4 Å². The van der Waals surface area contributed by atoms with Gasteiger partial charge < -0.3 is 5.32 Å². The van der Waals surface area contributed by atoms with Crippen molar-refractivity contribution in [3.05, 3.63) is 47.8 Å². The Morgan fingerprint density at radius 1 is 1.27 bits per heavy atom. The topological polar surface area (TPSA) is 50.2 Å². The third-order valence-corrected chi connectivity index (χ3v) is 5.17. The fourth-order valence-corrected chi connectivity index (χ4v) is 3.66. The molecule has 1 aromatic carbocycles. The summed E-state index contributed by atoms with van der Waals surface area (Å²) in [6, 6.07) is 12.2. The van der Waals surface area contributed by atoms with Crippen LogP contribution in [0.1, 0.15) is 55.2 Å². The summed E-state index contributed by atoms with van der Waals surface area (Å²) in [5.41, 5.74) is 2.42. The highest BCUT2D eigenvalue weighted by Gasteiger charge is 2.23. The largest absolute Gasteiger partial charge is 0.349 e. The molecule has 26 heavy (non-hydrogen) atoms. The zero-order valence-electron chi connectivity index (χ0n) is 15.9.